The molecule has 0 unspecified atom stereocenters. The van der Waals surface area contributed by atoms with Crippen LogP contribution in [0.4, 0.5) is 0 Å². The molecule has 0 radical (unpaired) electrons. The van der Waals surface area contributed by atoms with E-state index in [9.17, 15) is 4.79 Å². The maximum Gasteiger partial charge on any atom is 0.225 e. The van der Waals surface area contributed by atoms with E-state index in [0.29, 0.717) is 11.8 Å². The third-order valence-corrected chi connectivity index (χ3v) is 4.55. The molecule has 0 aliphatic heterocycles. The minimum Gasteiger partial charge on any atom is -0.338 e. The summed E-state index contributed by atoms with van der Waals surface area (Å²) in [6, 6.07) is 0. The van der Waals surface area contributed by atoms with Gasteiger partial charge >= 0.3 is 0 Å². The molecular formula is C20H33NO. The van der Waals surface area contributed by atoms with E-state index >= 15 is 0 Å². The van der Waals surface area contributed by atoms with Gasteiger partial charge in [0.2, 0.25) is 5.91 Å². The zero-order valence-corrected chi connectivity index (χ0v) is 14.3. The van der Waals surface area contributed by atoms with Crippen molar-refractivity contribution in [2.45, 2.75) is 71.1 Å². The molecule has 124 valence electrons. The Morgan fingerprint density at radius 3 is 2.27 bits per heavy atom. The van der Waals surface area contributed by atoms with Gasteiger partial charge in [0.25, 0.3) is 0 Å². The Bertz CT molecular complexity index is 377. The Hall–Kier alpha value is -1.05. The van der Waals surface area contributed by atoms with E-state index in [2.05, 4.69) is 36.1 Å². The molecule has 2 aliphatic carbocycles. The SMILES string of the molecule is CCCCC/C=C\CC/C=C\CN(CC1CC1)C(=O)C1CC1. The lowest BCUT2D eigenvalue weighted by atomic mass is 10.2. The molecule has 0 bridgehead atoms. The molecule has 2 heteroatoms. The fourth-order valence-corrected chi connectivity index (χ4v) is 2.72. The van der Waals surface area contributed by atoms with Gasteiger partial charge in [-0.3, -0.25) is 4.79 Å². The lowest BCUT2D eigenvalue weighted by Crippen LogP contribution is -2.34. The van der Waals surface area contributed by atoms with E-state index in [-0.39, 0.29) is 0 Å². The summed E-state index contributed by atoms with van der Waals surface area (Å²) in [5.74, 6) is 1.56. The van der Waals surface area contributed by atoms with E-state index in [1.54, 1.807) is 0 Å². The Morgan fingerprint density at radius 1 is 0.955 bits per heavy atom. The van der Waals surface area contributed by atoms with Gasteiger partial charge in [-0.25, -0.2) is 0 Å². The quantitative estimate of drug-likeness (QED) is 0.362. The van der Waals surface area contributed by atoms with Gasteiger partial charge in [0.15, 0.2) is 0 Å². The number of rotatable bonds is 12. The van der Waals surface area contributed by atoms with Crippen molar-refractivity contribution in [2.75, 3.05) is 13.1 Å². The minimum absolute atomic E-state index is 0.359. The summed E-state index contributed by atoms with van der Waals surface area (Å²) >= 11 is 0. The summed E-state index contributed by atoms with van der Waals surface area (Å²) in [5, 5.41) is 0. The van der Waals surface area contributed by atoms with Gasteiger partial charge in [-0.2, -0.15) is 0 Å². The first-order chi connectivity index (χ1) is 10.8. The van der Waals surface area contributed by atoms with E-state index < -0.39 is 0 Å². The van der Waals surface area contributed by atoms with E-state index in [1.165, 1.54) is 38.5 Å². The summed E-state index contributed by atoms with van der Waals surface area (Å²) in [6.45, 7) is 4.07. The van der Waals surface area contributed by atoms with Crippen LogP contribution in [-0.4, -0.2) is 23.9 Å². The Kier molecular flexibility index (Phi) is 7.76. The number of amides is 1. The molecule has 0 aromatic heterocycles. The van der Waals surface area contributed by atoms with Gasteiger partial charge in [0.05, 0.1) is 0 Å². The number of carbonyl (C=O) groups excluding carboxylic acids is 1. The van der Waals surface area contributed by atoms with Gasteiger partial charge in [-0.05, 0) is 57.3 Å². The lowest BCUT2D eigenvalue weighted by molar-refractivity contribution is -0.132. The molecule has 2 saturated carbocycles. The fraction of sp³-hybridized carbons (Fsp3) is 0.750. The van der Waals surface area contributed by atoms with Crippen molar-refractivity contribution in [1.82, 2.24) is 4.90 Å². The number of allylic oxidation sites excluding steroid dienone is 3. The van der Waals surface area contributed by atoms with Crippen LogP contribution in [0.2, 0.25) is 0 Å². The second kappa shape index (κ2) is 9.86. The topological polar surface area (TPSA) is 20.3 Å². The van der Waals surface area contributed by atoms with E-state index in [1.807, 2.05) is 0 Å². The van der Waals surface area contributed by atoms with Crippen LogP contribution in [0.5, 0.6) is 0 Å². The van der Waals surface area contributed by atoms with E-state index in [4.69, 9.17) is 0 Å². The van der Waals surface area contributed by atoms with Crippen LogP contribution in [0.15, 0.2) is 24.3 Å². The Labute approximate surface area is 136 Å². The van der Waals surface area contributed by atoms with Crippen LogP contribution in [-0.2, 0) is 4.79 Å². The van der Waals surface area contributed by atoms with Crippen molar-refractivity contribution in [3.8, 4) is 0 Å². The van der Waals surface area contributed by atoms with Crippen LogP contribution in [0, 0.1) is 11.8 Å². The monoisotopic (exact) mass is 303 g/mol. The smallest absolute Gasteiger partial charge is 0.225 e. The molecule has 0 aromatic rings. The molecular weight excluding hydrogens is 270 g/mol. The maximum absolute atomic E-state index is 12.2. The molecule has 2 fully saturated rings. The molecule has 2 aliphatic rings. The predicted molar refractivity (Wildman–Crippen MR) is 93.7 cm³/mol. The zero-order valence-electron chi connectivity index (χ0n) is 14.3. The third-order valence-electron chi connectivity index (χ3n) is 4.55. The Morgan fingerprint density at radius 2 is 1.64 bits per heavy atom. The second-order valence-electron chi connectivity index (χ2n) is 6.98. The average molecular weight is 303 g/mol. The highest BCUT2D eigenvalue weighted by atomic mass is 16.2. The molecule has 0 N–H and O–H groups in total. The summed E-state index contributed by atoms with van der Waals surface area (Å²) in [4.78, 5) is 14.3. The van der Waals surface area contributed by atoms with Crippen LogP contribution < -0.4 is 0 Å². The molecule has 1 amide bonds. The Balaban J connectivity index is 1.56. The number of unbranched alkanes of at least 4 members (excludes halogenated alkanes) is 4. The van der Waals surface area contributed by atoms with Gasteiger partial charge in [0, 0.05) is 19.0 Å². The van der Waals surface area contributed by atoms with Gasteiger partial charge in [-0.15, -0.1) is 0 Å². The van der Waals surface area contributed by atoms with Gasteiger partial charge in [-0.1, -0.05) is 44.1 Å². The number of nitrogens with zero attached hydrogens (tertiary/aromatic N) is 1. The fourth-order valence-electron chi connectivity index (χ4n) is 2.72. The highest BCUT2D eigenvalue weighted by Gasteiger charge is 2.35. The molecule has 0 heterocycles. The summed E-state index contributed by atoms with van der Waals surface area (Å²) in [6.07, 6.45) is 21.4. The minimum atomic E-state index is 0.359. The molecule has 0 saturated heterocycles. The lowest BCUT2D eigenvalue weighted by Gasteiger charge is -2.20. The van der Waals surface area contributed by atoms with Crippen molar-refractivity contribution in [3.63, 3.8) is 0 Å². The normalized spacial score (nSPS) is 18.4. The molecule has 0 spiro atoms. The largest absolute Gasteiger partial charge is 0.338 e. The first-order valence-electron chi connectivity index (χ1n) is 9.40. The molecule has 0 atom stereocenters. The maximum atomic E-state index is 12.2. The number of carbonyl (C=O) groups is 1. The summed E-state index contributed by atoms with van der Waals surface area (Å²) in [5.41, 5.74) is 0. The van der Waals surface area contributed by atoms with Crippen molar-refractivity contribution in [2.24, 2.45) is 11.8 Å². The van der Waals surface area contributed by atoms with Gasteiger partial charge in [0.1, 0.15) is 0 Å². The second-order valence-corrected chi connectivity index (χ2v) is 6.98. The van der Waals surface area contributed by atoms with Crippen LogP contribution in [0.3, 0.4) is 0 Å². The predicted octanol–water partition coefficient (Wildman–Crippen LogP) is 5.11. The van der Waals surface area contributed by atoms with E-state index in [0.717, 1.165) is 44.7 Å². The average Bonchev–Trinajstić information content (AvgIpc) is 3.39. The molecule has 2 nitrogen and oxygen atoms in total. The first-order valence-corrected chi connectivity index (χ1v) is 9.40. The van der Waals surface area contributed by atoms with Crippen molar-refractivity contribution in [3.05, 3.63) is 24.3 Å². The molecule has 22 heavy (non-hydrogen) atoms. The highest BCUT2D eigenvalue weighted by molar-refractivity contribution is 5.81. The number of hydrogen-bond acceptors (Lipinski definition) is 1. The molecule has 2 rings (SSSR count). The summed E-state index contributed by atoms with van der Waals surface area (Å²) < 4.78 is 0. The standard InChI is InChI=1S/C20H33NO/c1-2-3-4-5-6-7-8-9-10-11-16-21(17-18-12-13-18)20(22)19-14-15-19/h6-7,10-11,18-19H,2-5,8-9,12-17H2,1H3/b7-6-,11-10-. The van der Waals surface area contributed by atoms with Crippen molar-refractivity contribution in [1.29, 1.82) is 0 Å². The summed E-state index contributed by atoms with van der Waals surface area (Å²) in [7, 11) is 0. The van der Waals surface area contributed by atoms with Crippen LogP contribution in [0.1, 0.15) is 71.1 Å². The number of hydrogen-bond donors (Lipinski definition) is 0. The third kappa shape index (κ3) is 7.29. The van der Waals surface area contributed by atoms with Gasteiger partial charge < -0.3 is 4.90 Å². The van der Waals surface area contributed by atoms with Crippen LogP contribution >= 0.6 is 0 Å². The molecule has 0 aromatic carbocycles. The van der Waals surface area contributed by atoms with Crippen molar-refractivity contribution < 1.29 is 4.79 Å². The first kappa shape index (κ1) is 17.3. The van der Waals surface area contributed by atoms with Crippen molar-refractivity contribution >= 4 is 5.91 Å². The highest BCUT2D eigenvalue weighted by Crippen LogP contribution is 2.34. The zero-order chi connectivity index (χ0) is 15.6. The van der Waals surface area contributed by atoms with Crippen LogP contribution in [0.25, 0.3) is 0 Å².